The van der Waals surface area contributed by atoms with Gasteiger partial charge < -0.3 is 15.2 Å². The molecule has 2 aromatic rings. The van der Waals surface area contributed by atoms with Gasteiger partial charge in [0.1, 0.15) is 0 Å². The number of carbonyl (C=O) groups excluding carboxylic acids is 1. The third-order valence-electron chi connectivity index (χ3n) is 4.00. The predicted molar refractivity (Wildman–Crippen MR) is 113 cm³/mol. The van der Waals surface area contributed by atoms with Crippen molar-refractivity contribution < 1.29 is 19.6 Å². The number of thioether (sulfide) groups is 1. The largest absolute Gasteiger partial charge is 0.504 e. The van der Waals surface area contributed by atoms with E-state index in [0.29, 0.717) is 15.9 Å². The molecule has 0 aliphatic carbocycles. The Morgan fingerprint density at radius 1 is 1.41 bits per heavy atom. The van der Waals surface area contributed by atoms with Gasteiger partial charge in [-0.1, -0.05) is 17.7 Å². The first-order chi connectivity index (χ1) is 13.8. The van der Waals surface area contributed by atoms with Gasteiger partial charge in [-0.25, -0.2) is 4.99 Å². The number of ether oxygens (including phenoxy) is 1. The normalized spacial score (nSPS) is 16.3. The third-order valence-corrected chi connectivity index (χ3v) is 5.32. The molecule has 1 saturated heterocycles. The Bertz CT molecular complexity index is 1070. The molecule has 1 aliphatic rings. The molecule has 0 bridgehead atoms. The van der Waals surface area contributed by atoms with Gasteiger partial charge >= 0.3 is 0 Å². The van der Waals surface area contributed by atoms with Crippen LogP contribution in [-0.2, 0) is 4.79 Å². The maximum Gasteiger partial charge on any atom is 0.274 e. The highest BCUT2D eigenvalue weighted by atomic mass is 35.5. The highest BCUT2D eigenvalue weighted by Crippen LogP contribution is 2.38. The molecule has 2 aromatic carbocycles. The van der Waals surface area contributed by atoms with E-state index in [1.807, 2.05) is 6.92 Å². The molecule has 0 radical (unpaired) electrons. The van der Waals surface area contributed by atoms with Gasteiger partial charge in [0.2, 0.25) is 0 Å². The van der Waals surface area contributed by atoms with Crippen molar-refractivity contribution >= 4 is 51.9 Å². The van der Waals surface area contributed by atoms with Crippen molar-refractivity contribution in [1.29, 1.82) is 0 Å². The van der Waals surface area contributed by atoms with Crippen LogP contribution in [0, 0.1) is 17.0 Å². The Hall–Kier alpha value is -3.04. The second-order valence-corrected chi connectivity index (χ2v) is 7.38. The van der Waals surface area contributed by atoms with Crippen LogP contribution in [0.2, 0.25) is 5.02 Å². The van der Waals surface area contributed by atoms with Crippen molar-refractivity contribution in [3.05, 3.63) is 61.5 Å². The van der Waals surface area contributed by atoms with Crippen LogP contribution >= 0.6 is 23.4 Å². The van der Waals surface area contributed by atoms with Crippen molar-refractivity contribution in [3.8, 4) is 11.5 Å². The summed E-state index contributed by atoms with van der Waals surface area (Å²) in [6, 6.07) is 7.58. The summed E-state index contributed by atoms with van der Waals surface area (Å²) in [5.74, 6) is -0.743. The number of non-ortho nitro benzene ring substituents is 1. The number of nitrogens with one attached hydrogen (secondary N) is 1. The quantitative estimate of drug-likeness (QED) is 0.406. The van der Waals surface area contributed by atoms with Gasteiger partial charge in [0, 0.05) is 16.7 Å². The number of nitro benzene ring substituents is 1. The Morgan fingerprint density at radius 3 is 2.86 bits per heavy atom. The van der Waals surface area contributed by atoms with E-state index >= 15 is 0 Å². The molecule has 150 valence electrons. The van der Waals surface area contributed by atoms with Crippen molar-refractivity contribution in [1.82, 2.24) is 5.32 Å². The van der Waals surface area contributed by atoms with Crippen LogP contribution in [0.3, 0.4) is 0 Å². The van der Waals surface area contributed by atoms with Gasteiger partial charge in [0.25, 0.3) is 11.6 Å². The highest BCUT2D eigenvalue weighted by molar-refractivity contribution is 8.18. The summed E-state index contributed by atoms with van der Waals surface area (Å²) in [6.45, 7) is 3.73. The van der Waals surface area contributed by atoms with Crippen molar-refractivity contribution in [3.63, 3.8) is 0 Å². The first-order valence-electron chi connectivity index (χ1n) is 8.49. The summed E-state index contributed by atoms with van der Waals surface area (Å²) in [4.78, 5) is 27.5. The first-order valence-corrected chi connectivity index (χ1v) is 9.68. The highest BCUT2D eigenvalue weighted by Gasteiger charge is 2.26. The lowest BCUT2D eigenvalue weighted by atomic mass is 10.1. The number of aliphatic imine (C=N–C) groups is 1. The smallest absolute Gasteiger partial charge is 0.274 e. The minimum atomic E-state index is -0.597. The van der Waals surface area contributed by atoms with Gasteiger partial charge in [0.15, 0.2) is 16.7 Å². The Morgan fingerprint density at radius 2 is 2.17 bits per heavy atom. The molecule has 3 rings (SSSR count). The van der Waals surface area contributed by atoms with E-state index in [2.05, 4.69) is 10.3 Å². The minimum Gasteiger partial charge on any atom is -0.504 e. The Labute approximate surface area is 175 Å². The zero-order valence-corrected chi connectivity index (χ0v) is 17.0. The summed E-state index contributed by atoms with van der Waals surface area (Å²) in [7, 11) is 0. The number of amidine groups is 1. The number of nitro groups is 1. The van der Waals surface area contributed by atoms with E-state index in [1.165, 1.54) is 12.1 Å². The molecule has 0 unspecified atom stereocenters. The molecule has 10 heteroatoms. The lowest BCUT2D eigenvalue weighted by Gasteiger charge is -2.08. The molecule has 0 saturated carbocycles. The second-order valence-electron chi connectivity index (χ2n) is 5.94. The maximum atomic E-state index is 12.3. The molecule has 1 aliphatic heterocycles. The van der Waals surface area contributed by atoms with E-state index in [-0.39, 0.29) is 34.3 Å². The number of phenols is 1. The fourth-order valence-corrected chi connectivity index (χ4v) is 3.54. The SMILES string of the molecule is CCOc1cc([N+](=O)[O-])cc(/C=C2/SC(=Nc3cccc(Cl)c3C)NC2=O)c1O. The van der Waals surface area contributed by atoms with E-state index in [4.69, 9.17) is 16.3 Å². The summed E-state index contributed by atoms with van der Waals surface area (Å²) >= 11 is 7.14. The van der Waals surface area contributed by atoms with Gasteiger partial charge in [-0.15, -0.1) is 0 Å². The van der Waals surface area contributed by atoms with Crippen LogP contribution in [0.1, 0.15) is 18.1 Å². The lowest BCUT2D eigenvalue weighted by molar-refractivity contribution is -0.385. The van der Waals surface area contributed by atoms with Crippen LogP contribution in [-0.4, -0.2) is 27.7 Å². The summed E-state index contributed by atoms with van der Waals surface area (Å²) in [5.41, 5.74) is 1.22. The number of benzene rings is 2. The summed E-state index contributed by atoms with van der Waals surface area (Å²) in [6.07, 6.45) is 1.36. The van der Waals surface area contributed by atoms with Crippen LogP contribution in [0.4, 0.5) is 11.4 Å². The number of amides is 1. The predicted octanol–water partition coefficient (Wildman–Crippen LogP) is 4.55. The zero-order chi connectivity index (χ0) is 21.1. The average Bonchev–Trinajstić information content (AvgIpc) is 3.01. The topological polar surface area (TPSA) is 114 Å². The lowest BCUT2D eigenvalue weighted by Crippen LogP contribution is -2.19. The number of phenolic OH excluding ortho intramolecular Hbond substituents is 1. The summed E-state index contributed by atoms with van der Waals surface area (Å²) in [5, 5.41) is 25.1. The molecule has 29 heavy (non-hydrogen) atoms. The van der Waals surface area contributed by atoms with E-state index < -0.39 is 10.8 Å². The number of aromatic hydroxyl groups is 1. The number of carbonyl (C=O) groups is 1. The average molecular weight is 434 g/mol. The third kappa shape index (κ3) is 4.52. The molecule has 0 atom stereocenters. The number of nitrogens with zero attached hydrogens (tertiary/aromatic N) is 2. The Kier molecular flexibility index (Phi) is 6.09. The van der Waals surface area contributed by atoms with Crippen LogP contribution in [0.5, 0.6) is 11.5 Å². The standard InChI is InChI=1S/C19H16ClN3O5S/c1-3-28-15-9-12(23(26)27)7-11(17(15)24)8-16-18(25)22-19(29-16)21-14-6-4-5-13(20)10(14)2/h4-9,24H,3H2,1-2H3,(H,21,22,25)/b16-8+. The van der Waals surface area contributed by atoms with E-state index in [0.717, 1.165) is 23.4 Å². The number of halogens is 1. The number of hydrogen-bond donors (Lipinski definition) is 2. The first kappa shape index (κ1) is 20.7. The van der Waals surface area contributed by atoms with E-state index in [1.54, 1.807) is 25.1 Å². The second kappa shape index (κ2) is 8.54. The van der Waals surface area contributed by atoms with Crippen molar-refractivity contribution in [2.75, 3.05) is 6.61 Å². The number of rotatable bonds is 5. The van der Waals surface area contributed by atoms with Crippen molar-refractivity contribution in [2.24, 2.45) is 4.99 Å². The molecule has 1 heterocycles. The molecule has 1 fully saturated rings. The molecule has 0 aromatic heterocycles. The van der Waals surface area contributed by atoms with Crippen LogP contribution in [0.25, 0.3) is 6.08 Å². The van der Waals surface area contributed by atoms with Crippen LogP contribution < -0.4 is 10.1 Å². The zero-order valence-electron chi connectivity index (χ0n) is 15.4. The molecular weight excluding hydrogens is 418 g/mol. The van der Waals surface area contributed by atoms with Gasteiger partial charge in [-0.2, -0.15) is 0 Å². The van der Waals surface area contributed by atoms with Gasteiger partial charge in [0.05, 0.1) is 28.2 Å². The number of hydrogen-bond acceptors (Lipinski definition) is 7. The molecule has 2 N–H and O–H groups in total. The maximum absolute atomic E-state index is 12.3. The van der Waals surface area contributed by atoms with Crippen molar-refractivity contribution in [2.45, 2.75) is 13.8 Å². The van der Waals surface area contributed by atoms with E-state index in [9.17, 15) is 20.0 Å². The van der Waals surface area contributed by atoms with Gasteiger partial charge in [-0.05, 0) is 49.4 Å². The van der Waals surface area contributed by atoms with Crippen LogP contribution in [0.15, 0.2) is 40.2 Å². The van der Waals surface area contributed by atoms with Gasteiger partial charge in [-0.3, -0.25) is 14.9 Å². The molecular formula is C19H16ClN3O5S. The molecule has 1 amide bonds. The fourth-order valence-electron chi connectivity index (χ4n) is 2.54. The Balaban J connectivity index is 1.97. The fraction of sp³-hybridized carbons (Fsp3) is 0.158. The monoisotopic (exact) mass is 433 g/mol. The minimum absolute atomic E-state index is 0.0274. The summed E-state index contributed by atoms with van der Waals surface area (Å²) < 4.78 is 5.26. The molecule has 0 spiro atoms. The molecule has 8 nitrogen and oxygen atoms in total.